The molecule has 0 radical (unpaired) electrons. The highest BCUT2D eigenvalue weighted by Gasteiger charge is 2.53. The predicted molar refractivity (Wildman–Crippen MR) is 66.9 cm³/mol. The van der Waals surface area contributed by atoms with Crippen LogP contribution in [0, 0.1) is 20.8 Å². The second-order valence-electron chi connectivity index (χ2n) is 4.06. The van der Waals surface area contributed by atoms with Crippen molar-refractivity contribution in [1.82, 2.24) is 0 Å². The van der Waals surface area contributed by atoms with Crippen molar-refractivity contribution in [3.8, 4) is 0 Å². The zero-order chi connectivity index (χ0) is 11.4. The van der Waals surface area contributed by atoms with Gasteiger partial charge < -0.3 is 0 Å². The van der Waals surface area contributed by atoms with Crippen molar-refractivity contribution in [3.05, 3.63) is 44.5 Å². The summed E-state index contributed by atoms with van der Waals surface area (Å²) in [7, 11) is 0. The average molecular weight is 262 g/mol. The van der Waals surface area contributed by atoms with Crippen molar-refractivity contribution < 1.29 is 0 Å². The molecule has 0 saturated heterocycles. The maximum absolute atomic E-state index is 6.40. The lowest BCUT2D eigenvalue weighted by Gasteiger charge is -2.17. The van der Waals surface area contributed by atoms with E-state index in [1.54, 1.807) is 0 Å². The van der Waals surface area contributed by atoms with Gasteiger partial charge in [-0.25, -0.2) is 0 Å². The normalized spacial score (nSPS) is 18.3. The van der Waals surface area contributed by atoms with Crippen LogP contribution in [0.2, 0.25) is 0 Å². The van der Waals surface area contributed by atoms with Gasteiger partial charge in [-0.2, -0.15) is 0 Å². The molecule has 0 unspecified atom stereocenters. The van der Waals surface area contributed by atoms with E-state index >= 15 is 0 Å². The van der Waals surface area contributed by atoms with Gasteiger partial charge >= 0.3 is 0 Å². The van der Waals surface area contributed by atoms with Crippen LogP contribution in [0.4, 0.5) is 0 Å². The Labute approximate surface area is 105 Å². The second-order valence-corrected chi connectivity index (χ2v) is 5.38. The Morgan fingerprint density at radius 1 is 0.933 bits per heavy atom. The fraction of sp³-hybridized carbons (Fsp3) is 0.333. The summed E-state index contributed by atoms with van der Waals surface area (Å²) in [5, 5.41) is 1.11. The predicted octanol–water partition coefficient (Wildman–Crippen LogP) is 4.75. The largest absolute Gasteiger partial charge is 0.143 e. The van der Waals surface area contributed by atoms with Gasteiger partial charge in [0.2, 0.25) is 0 Å². The van der Waals surface area contributed by atoms with Gasteiger partial charge in [0, 0.05) is 0 Å². The molecule has 0 fully saturated rings. The van der Waals surface area contributed by atoms with Crippen LogP contribution in [0.3, 0.4) is 0 Å². The third-order valence-corrected chi connectivity index (χ3v) is 4.56. The summed E-state index contributed by atoms with van der Waals surface area (Å²) in [6.45, 7) is 6.13. The van der Waals surface area contributed by atoms with Crippen LogP contribution < -0.4 is 0 Å². The van der Waals surface area contributed by atoms with Crippen LogP contribution in [0.5, 0.6) is 0 Å². The number of allylic oxidation sites excluding steroid dienone is 2. The molecule has 0 atom stereocenters. The molecule has 80 valence electrons. The Bertz CT molecular complexity index is 437. The monoisotopic (exact) mass is 260 g/mol. The quantitative estimate of drug-likeness (QED) is 0.640. The van der Waals surface area contributed by atoms with E-state index in [1.807, 2.05) is 13.8 Å². The lowest BCUT2D eigenvalue weighted by atomic mass is 9.95. The molecule has 2 rings (SSSR count). The Hall–Kier alpha value is -0.170. The molecule has 0 bridgehead atoms. The molecular weight excluding hydrogens is 250 g/mol. The van der Waals surface area contributed by atoms with Gasteiger partial charge in [0.25, 0.3) is 0 Å². The third-order valence-electron chi connectivity index (χ3n) is 2.76. The standard InChI is InChI=1S/C12H11Cl3/c1-6-4-7(2)9(8(3)5-6)12(15)10(13)11(12)14/h4-5H,1-3H3. The van der Waals surface area contributed by atoms with E-state index in [2.05, 4.69) is 19.1 Å². The molecule has 1 aliphatic rings. The van der Waals surface area contributed by atoms with Gasteiger partial charge in [0.1, 0.15) is 4.87 Å². The number of hydrogen-bond acceptors (Lipinski definition) is 0. The van der Waals surface area contributed by atoms with Crippen LogP contribution in [0.15, 0.2) is 22.2 Å². The number of aryl methyl sites for hydroxylation is 3. The number of benzene rings is 1. The molecule has 0 amide bonds. The Morgan fingerprint density at radius 2 is 1.33 bits per heavy atom. The van der Waals surface area contributed by atoms with E-state index in [4.69, 9.17) is 34.8 Å². The Balaban J connectivity index is 2.57. The zero-order valence-electron chi connectivity index (χ0n) is 8.79. The van der Waals surface area contributed by atoms with E-state index in [1.165, 1.54) is 5.56 Å². The topological polar surface area (TPSA) is 0 Å². The first-order valence-electron chi connectivity index (χ1n) is 4.72. The van der Waals surface area contributed by atoms with E-state index in [-0.39, 0.29) is 0 Å². The van der Waals surface area contributed by atoms with Crippen LogP contribution in [0.1, 0.15) is 22.3 Å². The number of halogens is 3. The third kappa shape index (κ3) is 1.51. The highest BCUT2D eigenvalue weighted by Crippen LogP contribution is 2.63. The summed E-state index contributed by atoms with van der Waals surface area (Å²) < 4.78 is 0. The molecule has 15 heavy (non-hydrogen) atoms. The molecule has 0 aliphatic heterocycles. The fourth-order valence-corrected chi connectivity index (χ4v) is 3.30. The van der Waals surface area contributed by atoms with Gasteiger partial charge in [-0.15, -0.1) is 11.6 Å². The van der Waals surface area contributed by atoms with Crippen molar-refractivity contribution in [1.29, 1.82) is 0 Å². The van der Waals surface area contributed by atoms with E-state index in [9.17, 15) is 0 Å². The van der Waals surface area contributed by atoms with Crippen LogP contribution in [-0.2, 0) is 4.87 Å². The van der Waals surface area contributed by atoms with Crippen LogP contribution in [0.25, 0.3) is 0 Å². The minimum atomic E-state index is -0.731. The summed E-state index contributed by atoms with van der Waals surface area (Å²) in [5.74, 6) is 0. The van der Waals surface area contributed by atoms with Crippen LogP contribution >= 0.6 is 34.8 Å². The molecular formula is C12H11Cl3. The van der Waals surface area contributed by atoms with Crippen molar-refractivity contribution in [2.75, 3.05) is 0 Å². The van der Waals surface area contributed by atoms with E-state index in [0.29, 0.717) is 10.1 Å². The lowest BCUT2D eigenvalue weighted by molar-refractivity contribution is 1.03. The minimum Gasteiger partial charge on any atom is -0.101 e. The number of rotatable bonds is 1. The summed E-state index contributed by atoms with van der Waals surface area (Å²) >= 11 is 18.4. The van der Waals surface area contributed by atoms with E-state index in [0.717, 1.165) is 16.7 Å². The van der Waals surface area contributed by atoms with Crippen LogP contribution in [-0.4, -0.2) is 0 Å². The van der Waals surface area contributed by atoms with Gasteiger partial charge in [-0.1, -0.05) is 40.9 Å². The van der Waals surface area contributed by atoms with Crippen molar-refractivity contribution in [2.24, 2.45) is 0 Å². The van der Waals surface area contributed by atoms with Gasteiger partial charge in [0.05, 0.1) is 10.1 Å². The van der Waals surface area contributed by atoms with Crippen molar-refractivity contribution in [2.45, 2.75) is 25.6 Å². The first-order chi connectivity index (χ1) is 6.89. The molecule has 3 heteroatoms. The SMILES string of the molecule is Cc1cc(C)c(C2(Cl)C(Cl)=C2Cl)c(C)c1. The lowest BCUT2D eigenvalue weighted by Crippen LogP contribution is -2.08. The van der Waals surface area contributed by atoms with Gasteiger partial charge in [-0.05, 0) is 37.5 Å². The number of hydrogen-bond donors (Lipinski definition) is 0. The molecule has 0 N–H and O–H groups in total. The minimum absolute atomic E-state index is 0.556. The van der Waals surface area contributed by atoms with Gasteiger partial charge in [0.15, 0.2) is 0 Å². The zero-order valence-corrected chi connectivity index (χ0v) is 11.1. The second kappa shape index (κ2) is 3.41. The summed E-state index contributed by atoms with van der Waals surface area (Å²) in [4.78, 5) is -0.731. The summed E-state index contributed by atoms with van der Waals surface area (Å²) in [6.07, 6.45) is 0. The first kappa shape index (κ1) is 11.3. The van der Waals surface area contributed by atoms with E-state index < -0.39 is 4.87 Å². The smallest absolute Gasteiger partial charge is 0.101 e. The average Bonchev–Trinajstić information content (AvgIpc) is 2.55. The summed E-state index contributed by atoms with van der Waals surface area (Å²) in [6, 6.07) is 4.19. The van der Waals surface area contributed by atoms with Gasteiger partial charge in [-0.3, -0.25) is 0 Å². The maximum atomic E-state index is 6.40. The molecule has 1 aliphatic carbocycles. The highest BCUT2D eigenvalue weighted by atomic mass is 35.5. The van der Waals surface area contributed by atoms with Crippen molar-refractivity contribution in [3.63, 3.8) is 0 Å². The molecule has 0 spiro atoms. The Morgan fingerprint density at radius 3 is 1.67 bits per heavy atom. The van der Waals surface area contributed by atoms with Crippen molar-refractivity contribution >= 4 is 34.8 Å². The molecule has 1 aromatic rings. The molecule has 0 aromatic heterocycles. The number of alkyl halides is 1. The first-order valence-corrected chi connectivity index (χ1v) is 5.86. The fourth-order valence-electron chi connectivity index (χ4n) is 2.15. The molecule has 0 heterocycles. The summed E-state index contributed by atoms with van der Waals surface area (Å²) in [5.41, 5.74) is 4.53. The maximum Gasteiger partial charge on any atom is 0.143 e. The molecule has 0 nitrogen and oxygen atoms in total. The Kier molecular flexibility index (Phi) is 2.57. The molecule has 0 saturated carbocycles. The highest BCUT2D eigenvalue weighted by molar-refractivity contribution is 6.56. The molecule has 1 aromatic carbocycles.